The first-order valence-corrected chi connectivity index (χ1v) is 6.02. The zero-order valence-electron chi connectivity index (χ0n) is 10.6. The van der Waals surface area contributed by atoms with E-state index in [1.807, 2.05) is 0 Å². The standard InChI is InChI=1S/C12H16F3N3O/c1-19-9-3-2-4-18(7-9)11-6-8(12(13,14)15)5-10(16)17-11/h5-6,9H,2-4,7H2,1H3,(H2,16,17). The number of ether oxygens (including phenoxy) is 1. The van der Waals surface area contributed by atoms with E-state index in [4.69, 9.17) is 10.5 Å². The monoisotopic (exact) mass is 275 g/mol. The number of alkyl halides is 3. The Morgan fingerprint density at radius 1 is 1.42 bits per heavy atom. The number of hydrogen-bond donors (Lipinski definition) is 1. The topological polar surface area (TPSA) is 51.4 Å². The average Bonchev–Trinajstić information content (AvgIpc) is 2.37. The normalized spacial score (nSPS) is 20.6. The predicted molar refractivity (Wildman–Crippen MR) is 65.9 cm³/mol. The van der Waals surface area contributed by atoms with Gasteiger partial charge < -0.3 is 15.4 Å². The highest BCUT2D eigenvalue weighted by Crippen LogP contribution is 2.33. The summed E-state index contributed by atoms with van der Waals surface area (Å²) in [5.41, 5.74) is 4.69. The lowest BCUT2D eigenvalue weighted by Gasteiger charge is -2.33. The average molecular weight is 275 g/mol. The van der Waals surface area contributed by atoms with E-state index in [2.05, 4.69) is 4.98 Å². The first-order valence-electron chi connectivity index (χ1n) is 6.02. The summed E-state index contributed by atoms with van der Waals surface area (Å²) >= 11 is 0. The van der Waals surface area contributed by atoms with Gasteiger partial charge in [-0.1, -0.05) is 0 Å². The van der Waals surface area contributed by atoms with E-state index in [0.717, 1.165) is 25.0 Å². The minimum Gasteiger partial charge on any atom is -0.384 e. The number of nitrogens with zero attached hydrogens (tertiary/aromatic N) is 2. The van der Waals surface area contributed by atoms with Gasteiger partial charge in [-0.2, -0.15) is 13.2 Å². The molecule has 1 atom stereocenters. The summed E-state index contributed by atoms with van der Waals surface area (Å²) in [5.74, 6) is 0.137. The van der Waals surface area contributed by atoms with Crippen LogP contribution in [0.25, 0.3) is 0 Å². The van der Waals surface area contributed by atoms with Gasteiger partial charge in [-0.25, -0.2) is 4.98 Å². The van der Waals surface area contributed by atoms with E-state index in [-0.39, 0.29) is 17.7 Å². The quantitative estimate of drug-likeness (QED) is 0.899. The van der Waals surface area contributed by atoms with Gasteiger partial charge in [0.05, 0.1) is 11.7 Å². The van der Waals surface area contributed by atoms with Crippen LogP contribution in [0.2, 0.25) is 0 Å². The number of nitrogen functional groups attached to an aromatic ring is 1. The summed E-state index contributed by atoms with van der Waals surface area (Å²) in [4.78, 5) is 5.77. The lowest BCUT2D eigenvalue weighted by molar-refractivity contribution is -0.137. The van der Waals surface area contributed by atoms with Crippen LogP contribution in [-0.4, -0.2) is 31.3 Å². The van der Waals surface area contributed by atoms with Gasteiger partial charge in [0.1, 0.15) is 11.6 Å². The third-order valence-electron chi connectivity index (χ3n) is 3.19. The minimum atomic E-state index is -4.41. The molecule has 1 aromatic heterocycles. The second-order valence-corrected chi connectivity index (χ2v) is 4.58. The number of nitrogens with two attached hydrogens (primary N) is 1. The van der Waals surface area contributed by atoms with E-state index < -0.39 is 11.7 Å². The highest BCUT2D eigenvalue weighted by atomic mass is 19.4. The molecule has 7 heteroatoms. The van der Waals surface area contributed by atoms with Crippen molar-refractivity contribution in [1.82, 2.24) is 4.98 Å². The Bertz CT molecular complexity index is 450. The lowest BCUT2D eigenvalue weighted by Crippen LogP contribution is -2.39. The van der Waals surface area contributed by atoms with E-state index in [0.29, 0.717) is 13.1 Å². The number of halogens is 3. The molecule has 1 saturated heterocycles. The molecule has 1 aliphatic rings. The molecule has 1 fully saturated rings. The number of anilines is 2. The predicted octanol–water partition coefficient (Wildman–Crippen LogP) is 2.30. The Morgan fingerprint density at radius 2 is 2.16 bits per heavy atom. The van der Waals surface area contributed by atoms with Gasteiger partial charge in [-0.05, 0) is 25.0 Å². The molecule has 1 aliphatic heterocycles. The largest absolute Gasteiger partial charge is 0.416 e. The van der Waals surface area contributed by atoms with Crippen LogP contribution in [0.15, 0.2) is 12.1 Å². The second-order valence-electron chi connectivity index (χ2n) is 4.58. The number of aromatic nitrogens is 1. The third kappa shape index (κ3) is 3.28. The molecule has 1 aromatic rings. The van der Waals surface area contributed by atoms with E-state index in [1.54, 1.807) is 12.0 Å². The highest BCUT2D eigenvalue weighted by molar-refractivity contribution is 5.49. The fraction of sp³-hybridized carbons (Fsp3) is 0.583. The number of rotatable bonds is 2. The Balaban J connectivity index is 2.26. The molecule has 19 heavy (non-hydrogen) atoms. The zero-order valence-corrected chi connectivity index (χ0v) is 10.6. The molecule has 2 heterocycles. The van der Waals surface area contributed by atoms with Crippen LogP contribution < -0.4 is 10.6 Å². The van der Waals surface area contributed by atoms with E-state index in [1.165, 1.54) is 0 Å². The summed E-state index contributed by atoms with van der Waals surface area (Å²) in [7, 11) is 1.60. The molecule has 0 radical (unpaired) electrons. The first kappa shape index (κ1) is 13.9. The fourth-order valence-electron chi connectivity index (χ4n) is 2.20. The molecule has 0 spiro atoms. The van der Waals surface area contributed by atoms with Crippen LogP contribution in [0.4, 0.5) is 24.8 Å². The van der Waals surface area contributed by atoms with Crippen molar-refractivity contribution in [3.05, 3.63) is 17.7 Å². The smallest absolute Gasteiger partial charge is 0.384 e. The van der Waals surface area contributed by atoms with Gasteiger partial charge in [0, 0.05) is 20.2 Å². The number of piperidine rings is 1. The molecule has 1 unspecified atom stereocenters. The molecule has 2 N–H and O–H groups in total. The van der Waals surface area contributed by atoms with Crippen molar-refractivity contribution in [2.45, 2.75) is 25.1 Å². The van der Waals surface area contributed by atoms with Crippen LogP contribution in [0.3, 0.4) is 0 Å². The molecular weight excluding hydrogens is 259 g/mol. The third-order valence-corrected chi connectivity index (χ3v) is 3.19. The Hall–Kier alpha value is -1.50. The van der Waals surface area contributed by atoms with Gasteiger partial charge >= 0.3 is 6.18 Å². The van der Waals surface area contributed by atoms with Gasteiger partial charge in [0.25, 0.3) is 0 Å². The van der Waals surface area contributed by atoms with Crippen molar-refractivity contribution >= 4 is 11.6 Å². The zero-order chi connectivity index (χ0) is 14.0. The van der Waals surface area contributed by atoms with Crippen LogP contribution in [0.5, 0.6) is 0 Å². The molecule has 0 amide bonds. The van der Waals surface area contributed by atoms with Crippen molar-refractivity contribution in [2.75, 3.05) is 30.8 Å². The van der Waals surface area contributed by atoms with Crippen LogP contribution >= 0.6 is 0 Å². The lowest BCUT2D eigenvalue weighted by atomic mass is 10.1. The minimum absolute atomic E-state index is 0.0197. The summed E-state index contributed by atoms with van der Waals surface area (Å²) in [5, 5.41) is 0. The number of hydrogen-bond acceptors (Lipinski definition) is 4. The molecule has 0 bridgehead atoms. The maximum atomic E-state index is 12.7. The van der Waals surface area contributed by atoms with E-state index >= 15 is 0 Å². The Morgan fingerprint density at radius 3 is 2.79 bits per heavy atom. The van der Waals surface area contributed by atoms with Crippen molar-refractivity contribution in [3.8, 4) is 0 Å². The maximum absolute atomic E-state index is 12.7. The van der Waals surface area contributed by atoms with Crippen molar-refractivity contribution in [1.29, 1.82) is 0 Å². The van der Waals surface area contributed by atoms with Gasteiger partial charge in [0.2, 0.25) is 0 Å². The van der Waals surface area contributed by atoms with Gasteiger partial charge in [0.15, 0.2) is 0 Å². The Labute approximate surface area is 109 Å². The molecule has 4 nitrogen and oxygen atoms in total. The van der Waals surface area contributed by atoms with E-state index in [9.17, 15) is 13.2 Å². The summed E-state index contributed by atoms with van der Waals surface area (Å²) in [6.07, 6.45) is -2.63. The number of pyridine rings is 1. The molecule has 0 aliphatic carbocycles. The SMILES string of the molecule is COC1CCCN(c2cc(C(F)(F)F)cc(N)n2)C1. The highest BCUT2D eigenvalue weighted by Gasteiger charge is 2.32. The van der Waals surface area contributed by atoms with Crippen molar-refractivity contribution in [2.24, 2.45) is 0 Å². The molecule has 106 valence electrons. The summed E-state index contributed by atoms with van der Waals surface area (Å²) in [6, 6.07) is 1.88. The summed E-state index contributed by atoms with van der Waals surface area (Å²) < 4.78 is 43.4. The molecule has 0 saturated carbocycles. The second kappa shape index (κ2) is 5.24. The van der Waals surface area contributed by atoms with Crippen molar-refractivity contribution < 1.29 is 17.9 Å². The molecular formula is C12H16F3N3O. The Kier molecular flexibility index (Phi) is 3.84. The van der Waals surface area contributed by atoms with Crippen LogP contribution in [-0.2, 0) is 10.9 Å². The number of methoxy groups -OCH3 is 1. The fourth-order valence-corrected chi connectivity index (χ4v) is 2.20. The van der Waals surface area contributed by atoms with Crippen LogP contribution in [0, 0.1) is 0 Å². The first-order chi connectivity index (χ1) is 8.90. The summed E-state index contributed by atoms with van der Waals surface area (Å²) in [6.45, 7) is 1.19. The molecule has 0 aromatic carbocycles. The molecule has 2 rings (SSSR count). The maximum Gasteiger partial charge on any atom is 0.416 e. The van der Waals surface area contributed by atoms with Gasteiger partial charge in [-0.3, -0.25) is 0 Å². The van der Waals surface area contributed by atoms with Gasteiger partial charge in [-0.15, -0.1) is 0 Å². The van der Waals surface area contributed by atoms with Crippen molar-refractivity contribution in [3.63, 3.8) is 0 Å². The van der Waals surface area contributed by atoms with Crippen LogP contribution in [0.1, 0.15) is 18.4 Å².